The van der Waals surface area contributed by atoms with Crippen molar-refractivity contribution in [3.8, 4) is 0 Å². The first-order valence-corrected chi connectivity index (χ1v) is 8.31. The van der Waals surface area contributed by atoms with E-state index in [1.165, 1.54) is 51.4 Å². The van der Waals surface area contributed by atoms with E-state index >= 15 is 0 Å². The summed E-state index contributed by atoms with van der Waals surface area (Å²) in [5.41, 5.74) is 0. The predicted molar refractivity (Wildman–Crippen MR) is 76.9 cm³/mol. The lowest BCUT2D eigenvalue weighted by molar-refractivity contribution is -0.133. The van der Waals surface area contributed by atoms with Crippen LogP contribution in [0, 0.1) is 5.92 Å². The first kappa shape index (κ1) is 13.4. The minimum Gasteiger partial charge on any atom is -0.340 e. The van der Waals surface area contributed by atoms with Gasteiger partial charge in [0.1, 0.15) is 0 Å². The van der Waals surface area contributed by atoms with E-state index in [1.54, 1.807) is 0 Å². The summed E-state index contributed by atoms with van der Waals surface area (Å²) in [6.07, 6.45) is 10.8. The Balaban J connectivity index is 1.51. The van der Waals surface area contributed by atoms with E-state index in [9.17, 15) is 4.79 Å². The van der Waals surface area contributed by atoms with Gasteiger partial charge in [-0.25, -0.2) is 0 Å². The molecule has 2 bridgehead atoms. The van der Waals surface area contributed by atoms with Crippen LogP contribution in [0.5, 0.6) is 0 Å². The van der Waals surface area contributed by atoms with Gasteiger partial charge in [-0.2, -0.15) is 0 Å². The number of fused-ring (bicyclic) bond motifs is 2. The fourth-order valence-electron chi connectivity index (χ4n) is 3.93. The van der Waals surface area contributed by atoms with Crippen LogP contribution in [0.3, 0.4) is 0 Å². The molecule has 3 fully saturated rings. The van der Waals surface area contributed by atoms with E-state index in [0.717, 1.165) is 13.0 Å². The van der Waals surface area contributed by atoms with Crippen molar-refractivity contribution >= 4 is 5.91 Å². The molecule has 1 saturated carbocycles. The summed E-state index contributed by atoms with van der Waals surface area (Å²) in [5.74, 6) is 1.09. The molecule has 2 atom stereocenters. The standard InChI is InChI=1S/C16H28N2O/c1-2-3-8-18(15-6-7-15)16(19)11-12-9-13-4-5-14(10-12)17-13/h12-15,17H,2-11H2,1H3. The third-order valence-corrected chi connectivity index (χ3v) is 5.09. The van der Waals surface area contributed by atoms with Crippen LogP contribution in [0.15, 0.2) is 0 Å². The third-order valence-electron chi connectivity index (χ3n) is 5.09. The van der Waals surface area contributed by atoms with E-state index in [4.69, 9.17) is 0 Å². The molecule has 0 aromatic heterocycles. The van der Waals surface area contributed by atoms with E-state index in [2.05, 4.69) is 17.1 Å². The Hall–Kier alpha value is -0.570. The fourth-order valence-corrected chi connectivity index (χ4v) is 3.93. The van der Waals surface area contributed by atoms with Gasteiger partial charge in [-0.1, -0.05) is 13.3 Å². The highest BCUT2D eigenvalue weighted by Gasteiger charge is 2.37. The van der Waals surface area contributed by atoms with Crippen LogP contribution >= 0.6 is 0 Å². The summed E-state index contributed by atoms with van der Waals surface area (Å²) in [5, 5.41) is 3.67. The van der Waals surface area contributed by atoms with E-state index in [-0.39, 0.29) is 0 Å². The molecule has 0 spiro atoms. The van der Waals surface area contributed by atoms with Crippen molar-refractivity contribution < 1.29 is 4.79 Å². The number of amides is 1. The van der Waals surface area contributed by atoms with Crippen LogP contribution in [-0.4, -0.2) is 35.5 Å². The van der Waals surface area contributed by atoms with Gasteiger partial charge < -0.3 is 10.2 Å². The zero-order chi connectivity index (χ0) is 13.2. The van der Waals surface area contributed by atoms with Crippen molar-refractivity contribution in [2.75, 3.05) is 6.54 Å². The van der Waals surface area contributed by atoms with Gasteiger partial charge >= 0.3 is 0 Å². The molecule has 2 saturated heterocycles. The van der Waals surface area contributed by atoms with Gasteiger partial charge in [0.2, 0.25) is 5.91 Å². The third kappa shape index (κ3) is 3.31. The maximum atomic E-state index is 12.5. The summed E-state index contributed by atoms with van der Waals surface area (Å²) in [6.45, 7) is 3.21. The minimum atomic E-state index is 0.447. The maximum absolute atomic E-state index is 12.5. The Morgan fingerprint density at radius 1 is 1.16 bits per heavy atom. The summed E-state index contributed by atoms with van der Waals surface area (Å²) >= 11 is 0. The normalized spacial score (nSPS) is 33.4. The van der Waals surface area contributed by atoms with E-state index in [0.29, 0.717) is 30.0 Å². The highest BCUT2D eigenvalue weighted by atomic mass is 16.2. The van der Waals surface area contributed by atoms with Gasteiger partial charge in [-0.3, -0.25) is 4.79 Å². The Morgan fingerprint density at radius 3 is 2.42 bits per heavy atom. The molecule has 108 valence electrons. The quantitative estimate of drug-likeness (QED) is 0.800. The molecule has 1 N–H and O–H groups in total. The number of rotatable bonds is 6. The second-order valence-electron chi connectivity index (χ2n) is 6.85. The van der Waals surface area contributed by atoms with Crippen LogP contribution in [0.4, 0.5) is 0 Å². The average Bonchev–Trinajstić information content (AvgIpc) is 3.16. The number of hydrogen-bond acceptors (Lipinski definition) is 2. The molecule has 3 rings (SSSR count). The smallest absolute Gasteiger partial charge is 0.223 e. The lowest BCUT2D eigenvalue weighted by Crippen LogP contribution is -2.41. The summed E-state index contributed by atoms with van der Waals surface area (Å²) < 4.78 is 0. The Labute approximate surface area is 117 Å². The van der Waals surface area contributed by atoms with Crippen molar-refractivity contribution in [3.05, 3.63) is 0 Å². The zero-order valence-corrected chi connectivity index (χ0v) is 12.2. The second-order valence-corrected chi connectivity index (χ2v) is 6.85. The Kier molecular flexibility index (Phi) is 4.11. The molecule has 19 heavy (non-hydrogen) atoms. The fraction of sp³-hybridized carbons (Fsp3) is 0.938. The van der Waals surface area contributed by atoms with Gasteiger partial charge in [0.15, 0.2) is 0 Å². The Morgan fingerprint density at radius 2 is 1.84 bits per heavy atom. The van der Waals surface area contributed by atoms with Crippen LogP contribution in [0.25, 0.3) is 0 Å². The van der Waals surface area contributed by atoms with E-state index in [1.807, 2.05) is 0 Å². The monoisotopic (exact) mass is 264 g/mol. The molecule has 2 heterocycles. The zero-order valence-electron chi connectivity index (χ0n) is 12.2. The Bertz CT molecular complexity index is 315. The molecule has 2 unspecified atom stereocenters. The molecular weight excluding hydrogens is 236 g/mol. The molecule has 1 aliphatic carbocycles. The lowest BCUT2D eigenvalue weighted by Gasteiger charge is -2.31. The highest BCUT2D eigenvalue weighted by molar-refractivity contribution is 5.77. The lowest BCUT2D eigenvalue weighted by atomic mass is 9.89. The maximum Gasteiger partial charge on any atom is 0.223 e. The van der Waals surface area contributed by atoms with Gasteiger partial charge in [0, 0.05) is 31.1 Å². The van der Waals surface area contributed by atoms with Gasteiger partial charge in [-0.05, 0) is 50.9 Å². The van der Waals surface area contributed by atoms with Crippen molar-refractivity contribution in [1.29, 1.82) is 0 Å². The molecule has 3 aliphatic rings. The first-order chi connectivity index (χ1) is 9.26. The number of piperidine rings is 1. The van der Waals surface area contributed by atoms with Crippen molar-refractivity contribution in [2.45, 2.75) is 82.8 Å². The largest absolute Gasteiger partial charge is 0.340 e. The molecule has 0 radical (unpaired) electrons. The number of unbranched alkanes of at least 4 members (excludes halogenated alkanes) is 1. The highest BCUT2D eigenvalue weighted by Crippen LogP contribution is 2.34. The van der Waals surface area contributed by atoms with Crippen LogP contribution in [-0.2, 0) is 4.79 Å². The van der Waals surface area contributed by atoms with Crippen molar-refractivity contribution in [3.63, 3.8) is 0 Å². The van der Waals surface area contributed by atoms with Gasteiger partial charge in [0.25, 0.3) is 0 Å². The predicted octanol–water partition coefficient (Wildman–Crippen LogP) is 2.70. The van der Waals surface area contributed by atoms with Crippen molar-refractivity contribution in [2.24, 2.45) is 5.92 Å². The van der Waals surface area contributed by atoms with Crippen LogP contribution in [0.1, 0.15) is 64.7 Å². The summed E-state index contributed by atoms with van der Waals surface area (Å²) in [6, 6.07) is 2.01. The second kappa shape index (κ2) is 5.82. The average molecular weight is 264 g/mol. The molecule has 0 aromatic carbocycles. The molecule has 3 heteroatoms. The number of hydrogen-bond donors (Lipinski definition) is 1. The summed E-state index contributed by atoms with van der Waals surface area (Å²) in [4.78, 5) is 14.7. The van der Waals surface area contributed by atoms with Crippen LogP contribution in [0.2, 0.25) is 0 Å². The molecule has 1 amide bonds. The van der Waals surface area contributed by atoms with Crippen molar-refractivity contribution in [1.82, 2.24) is 10.2 Å². The molecule has 0 aromatic rings. The van der Waals surface area contributed by atoms with E-state index < -0.39 is 0 Å². The topological polar surface area (TPSA) is 32.3 Å². The molecule has 3 nitrogen and oxygen atoms in total. The number of carbonyl (C=O) groups excluding carboxylic acids is 1. The SMILES string of the molecule is CCCCN(C(=O)CC1CC2CCC(C1)N2)C1CC1. The van der Waals surface area contributed by atoms with Crippen LogP contribution < -0.4 is 5.32 Å². The molecule has 2 aliphatic heterocycles. The first-order valence-electron chi connectivity index (χ1n) is 8.31. The molecular formula is C16H28N2O. The van der Waals surface area contributed by atoms with Gasteiger partial charge in [-0.15, -0.1) is 0 Å². The minimum absolute atomic E-state index is 0.447. The summed E-state index contributed by atoms with van der Waals surface area (Å²) in [7, 11) is 0. The number of nitrogens with zero attached hydrogens (tertiary/aromatic N) is 1. The number of carbonyl (C=O) groups is 1. The van der Waals surface area contributed by atoms with Gasteiger partial charge in [0.05, 0.1) is 0 Å². The number of nitrogens with one attached hydrogen (secondary N) is 1.